The SMILES string of the molecule is CCN=C(c1ccc(NC(=O)c2ccc3nc(C)n(-c4ccc(F)cc4)c3c2)cc1)C(C)C.CO. The molecule has 0 unspecified atom stereocenters. The Labute approximate surface area is 205 Å². The number of benzene rings is 3. The minimum Gasteiger partial charge on any atom is -0.400 e. The second-order valence-electron chi connectivity index (χ2n) is 8.22. The van der Waals surface area contributed by atoms with E-state index in [2.05, 4.69) is 29.1 Å². The number of aliphatic hydroxyl groups is 1. The maximum atomic E-state index is 13.4. The monoisotopic (exact) mass is 474 g/mol. The number of fused-ring (bicyclic) bond motifs is 1. The minimum atomic E-state index is -0.298. The lowest BCUT2D eigenvalue weighted by molar-refractivity contribution is 0.102. The Kier molecular flexibility index (Phi) is 8.49. The molecule has 4 aromatic rings. The van der Waals surface area contributed by atoms with E-state index in [4.69, 9.17) is 5.11 Å². The van der Waals surface area contributed by atoms with Gasteiger partial charge in [0.15, 0.2) is 0 Å². The van der Waals surface area contributed by atoms with Crippen LogP contribution in [-0.4, -0.2) is 39.9 Å². The third-order valence-corrected chi connectivity index (χ3v) is 5.48. The second-order valence-corrected chi connectivity index (χ2v) is 8.22. The van der Waals surface area contributed by atoms with E-state index in [1.165, 1.54) is 12.1 Å². The lowest BCUT2D eigenvalue weighted by Gasteiger charge is -2.12. The molecule has 0 fully saturated rings. The average molecular weight is 475 g/mol. The molecule has 182 valence electrons. The highest BCUT2D eigenvalue weighted by Gasteiger charge is 2.14. The molecule has 0 radical (unpaired) electrons. The smallest absolute Gasteiger partial charge is 0.255 e. The maximum Gasteiger partial charge on any atom is 0.255 e. The van der Waals surface area contributed by atoms with Crippen LogP contribution in [0.2, 0.25) is 0 Å². The molecular weight excluding hydrogens is 443 g/mol. The van der Waals surface area contributed by atoms with Crippen molar-refractivity contribution in [1.29, 1.82) is 0 Å². The van der Waals surface area contributed by atoms with Crippen molar-refractivity contribution in [1.82, 2.24) is 9.55 Å². The van der Waals surface area contributed by atoms with Crippen LogP contribution in [0.5, 0.6) is 0 Å². The number of aryl methyl sites for hydroxylation is 1. The van der Waals surface area contributed by atoms with Crippen molar-refractivity contribution >= 4 is 28.3 Å². The van der Waals surface area contributed by atoms with Crippen molar-refractivity contribution in [3.05, 3.63) is 89.5 Å². The summed E-state index contributed by atoms with van der Waals surface area (Å²) in [5.41, 5.74) is 5.71. The Morgan fingerprint density at radius 2 is 1.66 bits per heavy atom. The normalized spacial score (nSPS) is 11.4. The van der Waals surface area contributed by atoms with Crippen LogP contribution in [0.4, 0.5) is 10.1 Å². The fraction of sp³-hybridized carbons (Fsp3) is 0.250. The molecule has 2 N–H and O–H groups in total. The number of anilines is 1. The van der Waals surface area contributed by atoms with Gasteiger partial charge in [-0.1, -0.05) is 26.0 Å². The van der Waals surface area contributed by atoms with Gasteiger partial charge in [0.05, 0.1) is 11.0 Å². The van der Waals surface area contributed by atoms with Gasteiger partial charge >= 0.3 is 0 Å². The van der Waals surface area contributed by atoms with E-state index in [1.54, 1.807) is 18.2 Å². The summed E-state index contributed by atoms with van der Waals surface area (Å²) in [6.07, 6.45) is 0. The van der Waals surface area contributed by atoms with Crippen LogP contribution in [0, 0.1) is 18.7 Å². The van der Waals surface area contributed by atoms with Crippen LogP contribution in [0.15, 0.2) is 71.7 Å². The number of hydrogen-bond donors (Lipinski definition) is 2. The Hall–Kier alpha value is -3.84. The third-order valence-electron chi connectivity index (χ3n) is 5.48. The number of nitrogens with one attached hydrogen (secondary N) is 1. The van der Waals surface area contributed by atoms with Crippen LogP contribution in [-0.2, 0) is 0 Å². The highest BCUT2D eigenvalue weighted by Crippen LogP contribution is 2.23. The number of halogens is 1. The molecule has 0 spiro atoms. The molecule has 1 aromatic heterocycles. The maximum absolute atomic E-state index is 13.4. The van der Waals surface area contributed by atoms with Crippen molar-refractivity contribution in [3.63, 3.8) is 0 Å². The highest BCUT2D eigenvalue weighted by molar-refractivity contribution is 6.07. The summed E-state index contributed by atoms with van der Waals surface area (Å²) >= 11 is 0. The van der Waals surface area contributed by atoms with E-state index < -0.39 is 0 Å². The molecule has 7 heteroatoms. The molecular formula is C28H31FN4O2. The van der Waals surface area contributed by atoms with Crippen molar-refractivity contribution in [2.75, 3.05) is 19.0 Å². The van der Waals surface area contributed by atoms with Crippen molar-refractivity contribution in [3.8, 4) is 5.69 Å². The summed E-state index contributed by atoms with van der Waals surface area (Å²) in [6.45, 7) is 8.90. The first-order chi connectivity index (χ1) is 16.9. The number of carbonyl (C=O) groups excluding carboxylic acids is 1. The van der Waals surface area contributed by atoms with Gasteiger partial charge in [-0.15, -0.1) is 0 Å². The fourth-order valence-corrected chi connectivity index (χ4v) is 3.96. The summed E-state index contributed by atoms with van der Waals surface area (Å²) < 4.78 is 15.3. The van der Waals surface area contributed by atoms with E-state index in [0.717, 1.165) is 47.5 Å². The summed E-state index contributed by atoms with van der Waals surface area (Å²) in [6, 6.07) is 19.4. The first kappa shape index (κ1) is 25.8. The number of amides is 1. The van der Waals surface area contributed by atoms with E-state index >= 15 is 0 Å². The number of nitrogens with zero attached hydrogens (tertiary/aromatic N) is 3. The molecule has 1 amide bonds. The van der Waals surface area contributed by atoms with E-state index in [1.807, 2.05) is 54.8 Å². The van der Waals surface area contributed by atoms with Gasteiger partial charge in [0, 0.05) is 36.3 Å². The fourth-order valence-electron chi connectivity index (χ4n) is 3.96. The molecule has 4 rings (SSSR count). The Morgan fingerprint density at radius 1 is 1.03 bits per heavy atom. The molecule has 0 aliphatic carbocycles. The van der Waals surface area contributed by atoms with Crippen molar-refractivity contribution in [2.24, 2.45) is 10.9 Å². The molecule has 3 aromatic carbocycles. The summed E-state index contributed by atoms with van der Waals surface area (Å²) in [7, 11) is 1.00. The molecule has 0 bridgehead atoms. The zero-order chi connectivity index (χ0) is 25.5. The van der Waals surface area contributed by atoms with Gasteiger partial charge in [-0.05, 0) is 79.9 Å². The highest BCUT2D eigenvalue weighted by atomic mass is 19.1. The van der Waals surface area contributed by atoms with Gasteiger partial charge in [0.1, 0.15) is 11.6 Å². The van der Waals surface area contributed by atoms with Crippen molar-refractivity contribution < 1.29 is 14.3 Å². The molecule has 6 nitrogen and oxygen atoms in total. The number of rotatable bonds is 6. The molecule has 0 aliphatic rings. The van der Waals surface area contributed by atoms with Crippen molar-refractivity contribution in [2.45, 2.75) is 27.7 Å². The predicted molar refractivity (Wildman–Crippen MR) is 140 cm³/mol. The van der Waals surface area contributed by atoms with E-state index in [9.17, 15) is 9.18 Å². The zero-order valence-corrected chi connectivity index (χ0v) is 20.7. The lowest BCUT2D eigenvalue weighted by atomic mass is 9.99. The van der Waals surface area contributed by atoms with Gasteiger partial charge in [0.2, 0.25) is 0 Å². The molecule has 0 saturated carbocycles. The first-order valence-electron chi connectivity index (χ1n) is 11.5. The number of imidazole rings is 1. The van der Waals surface area contributed by atoms with Crippen LogP contribution in [0.1, 0.15) is 42.5 Å². The van der Waals surface area contributed by atoms with Gasteiger partial charge in [-0.25, -0.2) is 9.37 Å². The second kappa shape index (κ2) is 11.5. The predicted octanol–water partition coefficient (Wildman–Crippen LogP) is 5.80. The van der Waals surface area contributed by atoms with Gasteiger partial charge < -0.3 is 10.4 Å². The van der Waals surface area contributed by atoms with Gasteiger partial charge in [-0.3, -0.25) is 14.4 Å². The number of aliphatic imine (C=N–C) groups is 1. The topological polar surface area (TPSA) is 79.5 Å². The van der Waals surface area contributed by atoms with Crippen LogP contribution >= 0.6 is 0 Å². The number of carbonyl (C=O) groups is 1. The van der Waals surface area contributed by atoms with E-state index in [-0.39, 0.29) is 11.7 Å². The Balaban J connectivity index is 0.00000167. The summed E-state index contributed by atoms with van der Waals surface area (Å²) in [4.78, 5) is 22.2. The standard InChI is InChI=1S/C27H27FN4O.CH4O/c1-5-29-26(17(2)3)19-6-11-22(12-7-19)31-27(33)20-8-15-24-25(16-20)32(18(4)30-24)23-13-9-21(28)10-14-23;1-2/h6-17H,5H2,1-4H3,(H,31,33);2H,1H3. The summed E-state index contributed by atoms with van der Waals surface area (Å²) in [5, 5.41) is 9.97. The Morgan fingerprint density at radius 3 is 2.26 bits per heavy atom. The quantitative estimate of drug-likeness (QED) is 0.347. The van der Waals surface area contributed by atoms with E-state index in [0.29, 0.717) is 17.2 Å². The van der Waals surface area contributed by atoms with Gasteiger partial charge in [-0.2, -0.15) is 0 Å². The van der Waals surface area contributed by atoms with Gasteiger partial charge in [0.25, 0.3) is 5.91 Å². The molecule has 35 heavy (non-hydrogen) atoms. The molecule has 0 atom stereocenters. The summed E-state index contributed by atoms with van der Waals surface area (Å²) in [5.74, 6) is 0.583. The number of hydrogen-bond acceptors (Lipinski definition) is 4. The largest absolute Gasteiger partial charge is 0.400 e. The number of aromatic nitrogens is 2. The average Bonchev–Trinajstić information content (AvgIpc) is 3.19. The molecule has 1 heterocycles. The van der Waals surface area contributed by atoms with Crippen LogP contribution < -0.4 is 5.32 Å². The molecule has 0 saturated heterocycles. The number of aliphatic hydroxyl groups excluding tert-OH is 1. The lowest BCUT2D eigenvalue weighted by Crippen LogP contribution is -2.13. The minimum absolute atomic E-state index is 0.208. The molecule has 0 aliphatic heterocycles. The third kappa shape index (κ3) is 5.81. The Bertz CT molecular complexity index is 1320. The van der Waals surface area contributed by atoms with Crippen LogP contribution in [0.3, 0.4) is 0 Å². The first-order valence-corrected chi connectivity index (χ1v) is 11.5. The zero-order valence-electron chi connectivity index (χ0n) is 20.7. The van der Waals surface area contributed by atoms with Crippen LogP contribution in [0.25, 0.3) is 16.7 Å².